The molecule has 0 saturated heterocycles. The number of benzene rings is 1. The van der Waals surface area contributed by atoms with Crippen LogP contribution in [0.15, 0.2) is 24.3 Å². The number of aliphatic carboxylic acids is 1. The summed E-state index contributed by atoms with van der Waals surface area (Å²) < 4.78 is 5.09. The van der Waals surface area contributed by atoms with Crippen molar-refractivity contribution < 1.29 is 19.4 Å². The zero-order valence-electron chi connectivity index (χ0n) is 12.6. The van der Waals surface area contributed by atoms with E-state index in [1.165, 1.54) is 0 Å². The second-order valence-electron chi connectivity index (χ2n) is 6.27. The van der Waals surface area contributed by atoms with E-state index in [1.807, 2.05) is 24.3 Å². The van der Waals surface area contributed by atoms with E-state index >= 15 is 0 Å². The second-order valence-corrected chi connectivity index (χ2v) is 6.27. The molecule has 4 atom stereocenters. The van der Waals surface area contributed by atoms with E-state index in [1.54, 1.807) is 7.11 Å². The Morgan fingerprint density at radius 1 is 1.18 bits per heavy atom. The maximum absolute atomic E-state index is 12.4. The summed E-state index contributed by atoms with van der Waals surface area (Å²) in [5, 5.41) is 14.2. The summed E-state index contributed by atoms with van der Waals surface area (Å²) in [5.41, 5.74) is 0.960. The number of carboxylic acids is 1. The van der Waals surface area contributed by atoms with Crippen molar-refractivity contribution in [3.05, 3.63) is 29.8 Å². The lowest BCUT2D eigenvalue weighted by atomic mass is 9.78. The van der Waals surface area contributed by atoms with Gasteiger partial charge >= 0.3 is 0 Å². The molecule has 5 nitrogen and oxygen atoms in total. The lowest BCUT2D eigenvalue weighted by molar-refractivity contribution is -0.314. The quantitative estimate of drug-likeness (QED) is 0.869. The first-order valence-corrected chi connectivity index (χ1v) is 7.71. The summed E-state index contributed by atoms with van der Waals surface area (Å²) in [6.45, 7) is 0.399. The third-order valence-corrected chi connectivity index (χ3v) is 5.12. The van der Waals surface area contributed by atoms with Crippen LogP contribution in [0, 0.1) is 23.7 Å². The second kappa shape index (κ2) is 5.99. The molecule has 2 aliphatic rings. The molecule has 2 saturated carbocycles. The maximum atomic E-state index is 12.4. The van der Waals surface area contributed by atoms with Crippen LogP contribution in [0.5, 0.6) is 5.75 Å². The van der Waals surface area contributed by atoms with Crippen LogP contribution in [0.4, 0.5) is 0 Å². The maximum Gasteiger partial charge on any atom is 0.224 e. The van der Waals surface area contributed by atoms with Crippen molar-refractivity contribution in [1.82, 2.24) is 5.32 Å². The number of nitrogens with one attached hydrogen (secondary N) is 1. The first-order chi connectivity index (χ1) is 10.6. The van der Waals surface area contributed by atoms with Crippen molar-refractivity contribution in [3.8, 4) is 5.75 Å². The molecule has 1 aromatic rings. The Kier molecular flexibility index (Phi) is 4.05. The van der Waals surface area contributed by atoms with Gasteiger partial charge in [-0.1, -0.05) is 12.1 Å². The molecule has 0 aliphatic heterocycles. The molecule has 2 fully saturated rings. The van der Waals surface area contributed by atoms with Crippen molar-refractivity contribution in [3.63, 3.8) is 0 Å². The predicted octanol–water partition coefficient (Wildman–Crippen LogP) is 0.724. The van der Waals surface area contributed by atoms with Crippen LogP contribution in [0.3, 0.4) is 0 Å². The number of hydrogen-bond donors (Lipinski definition) is 1. The van der Waals surface area contributed by atoms with Crippen LogP contribution >= 0.6 is 0 Å². The summed E-state index contributed by atoms with van der Waals surface area (Å²) >= 11 is 0. The summed E-state index contributed by atoms with van der Waals surface area (Å²) in [7, 11) is 1.60. The van der Waals surface area contributed by atoms with Crippen LogP contribution in [-0.4, -0.2) is 19.0 Å². The van der Waals surface area contributed by atoms with Gasteiger partial charge in [0.25, 0.3) is 0 Å². The fraction of sp³-hybridized carbons (Fsp3) is 0.529. The van der Waals surface area contributed by atoms with Gasteiger partial charge in [0.2, 0.25) is 5.91 Å². The fourth-order valence-electron chi connectivity index (χ4n) is 4.06. The van der Waals surface area contributed by atoms with Gasteiger partial charge in [-0.25, -0.2) is 0 Å². The van der Waals surface area contributed by atoms with Gasteiger partial charge in [0.05, 0.1) is 7.11 Å². The van der Waals surface area contributed by atoms with Crippen molar-refractivity contribution in [2.45, 2.75) is 25.8 Å². The van der Waals surface area contributed by atoms with E-state index in [9.17, 15) is 14.7 Å². The topological polar surface area (TPSA) is 78.5 Å². The van der Waals surface area contributed by atoms with E-state index in [4.69, 9.17) is 4.74 Å². The highest BCUT2D eigenvalue weighted by Crippen LogP contribution is 2.52. The third kappa shape index (κ3) is 2.67. The van der Waals surface area contributed by atoms with E-state index < -0.39 is 17.8 Å². The van der Waals surface area contributed by atoms with Gasteiger partial charge in [0.15, 0.2) is 0 Å². The average Bonchev–Trinajstić information content (AvgIpc) is 3.14. The molecule has 1 amide bonds. The van der Waals surface area contributed by atoms with Crippen molar-refractivity contribution in [2.24, 2.45) is 23.7 Å². The molecule has 2 bridgehead atoms. The number of carbonyl (C=O) groups excluding carboxylic acids is 2. The molecule has 22 heavy (non-hydrogen) atoms. The van der Waals surface area contributed by atoms with E-state index in [0.29, 0.717) is 6.54 Å². The van der Waals surface area contributed by atoms with Gasteiger partial charge in [-0.15, -0.1) is 0 Å². The molecule has 3 rings (SSSR count). The number of amides is 1. The number of hydrogen-bond acceptors (Lipinski definition) is 4. The van der Waals surface area contributed by atoms with Crippen LogP contribution in [-0.2, 0) is 16.1 Å². The smallest absolute Gasteiger partial charge is 0.224 e. The number of fused-ring (bicyclic) bond motifs is 2. The largest absolute Gasteiger partial charge is 0.550 e. The fourth-order valence-corrected chi connectivity index (χ4v) is 4.06. The highest BCUT2D eigenvalue weighted by molar-refractivity contribution is 5.85. The standard InChI is InChI=1S/C17H21NO4/c1-22-13-6-2-10(3-7-13)9-18-16(19)14-11-4-5-12(8-11)15(14)17(20)21/h2-3,6-7,11-12,14-15H,4-5,8-9H2,1H3,(H,18,19)(H,20,21)/p-1/t11-,12+,14+,15+/m1/s1. The van der Waals surface area contributed by atoms with Crippen molar-refractivity contribution >= 4 is 11.9 Å². The number of carboxylic acid groups (broad SMARTS) is 1. The molecular formula is C17H20NO4-. The van der Waals surface area contributed by atoms with Crippen LogP contribution in [0.1, 0.15) is 24.8 Å². The minimum absolute atomic E-state index is 0.117. The molecule has 1 N–H and O–H groups in total. The van der Waals surface area contributed by atoms with E-state index in [-0.39, 0.29) is 17.7 Å². The highest BCUT2D eigenvalue weighted by Gasteiger charge is 2.51. The Morgan fingerprint density at radius 2 is 1.82 bits per heavy atom. The van der Waals surface area contributed by atoms with Gasteiger partial charge in [0, 0.05) is 24.3 Å². The molecule has 2 aliphatic carbocycles. The summed E-state index contributed by atoms with van der Waals surface area (Å²) in [4.78, 5) is 23.8. The molecule has 118 valence electrons. The molecule has 5 heteroatoms. The Labute approximate surface area is 129 Å². The summed E-state index contributed by atoms with van der Waals surface area (Å²) in [6, 6.07) is 7.44. The number of carbonyl (C=O) groups is 2. The average molecular weight is 302 g/mol. The molecule has 0 radical (unpaired) electrons. The van der Waals surface area contributed by atoms with Gasteiger partial charge in [0.1, 0.15) is 5.75 Å². The monoisotopic (exact) mass is 302 g/mol. The van der Waals surface area contributed by atoms with Crippen LogP contribution in [0.25, 0.3) is 0 Å². The minimum atomic E-state index is -1.07. The van der Waals surface area contributed by atoms with E-state index in [0.717, 1.165) is 30.6 Å². The lowest BCUT2D eigenvalue weighted by Gasteiger charge is -2.30. The number of methoxy groups -OCH3 is 1. The number of rotatable bonds is 5. The molecular weight excluding hydrogens is 282 g/mol. The number of ether oxygens (including phenoxy) is 1. The van der Waals surface area contributed by atoms with Crippen LogP contribution in [0.2, 0.25) is 0 Å². The first kappa shape index (κ1) is 14.9. The molecule has 0 aromatic heterocycles. The molecule has 0 heterocycles. The SMILES string of the molecule is COc1ccc(CNC(=O)[C@H]2[C@@H]3CC[C@@H](C3)[C@@H]2C(=O)[O-])cc1. The Bertz CT molecular complexity index is 569. The molecule has 1 aromatic carbocycles. The Morgan fingerprint density at radius 3 is 2.41 bits per heavy atom. The van der Waals surface area contributed by atoms with Gasteiger partial charge in [-0.05, 0) is 48.8 Å². The molecule has 0 spiro atoms. The zero-order chi connectivity index (χ0) is 15.7. The van der Waals surface area contributed by atoms with Crippen molar-refractivity contribution in [2.75, 3.05) is 7.11 Å². The van der Waals surface area contributed by atoms with Gasteiger partial charge < -0.3 is 20.0 Å². The summed E-state index contributed by atoms with van der Waals surface area (Å²) in [5.74, 6) is -1.19. The first-order valence-electron chi connectivity index (χ1n) is 7.71. The van der Waals surface area contributed by atoms with Gasteiger partial charge in [-0.3, -0.25) is 4.79 Å². The highest BCUT2D eigenvalue weighted by atomic mass is 16.5. The minimum Gasteiger partial charge on any atom is -0.550 e. The van der Waals surface area contributed by atoms with E-state index in [2.05, 4.69) is 5.32 Å². The van der Waals surface area contributed by atoms with Crippen molar-refractivity contribution in [1.29, 1.82) is 0 Å². The normalized spacial score (nSPS) is 29.3. The third-order valence-electron chi connectivity index (χ3n) is 5.12. The Hall–Kier alpha value is -2.04. The van der Waals surface area contributed by atoms with Crippen LogP contribution < -0.4 is 15.2 Å². The lowest BCUT2D eigenvalue weighted by Crippen LogP contribution is -2.45. The zero-order valence-corrected chi connectivity index (χ0v) is 12.6. The van der Waals surface area contributed by atoms with Gasteiger partial charge in [-0.2, -0.15) is 0 Å². The predicted molar refractivity (Wildman–Crippen MR) is 77.7 cm³/mol. The Balaban J connectivity index is 1.62. The molecule has 0 unspecified atom stereocenters. The summed E-state index contributed by atoms with van der Waals surface area (Å²) in [6.07, 6.45) is 2.71.